The molecule has 0 aliphatic carbocycles. The lowest BCUT2D eigenvalue weighted by molar-refractivity contribution is 0.237. The zero-order valence-corrected chi connectivity index (χ0v) is 8.16. The Kier molecular flexibility index (Phi) is 2.05. The molecular weight excluding hydrogens is 189 g/mol. The average molecular weight is 200 g/mol. The summed E-state index contributed by atoms with van der Waals surface area (Å²) in [4.78, 5) is 0. The number of rotatable bonds is 1. The van der Waals surface area contributed by atoms with Crippen LogP contribution in [0.25, 0.3) is 0 Å². The number of hydrogen-bond donors (Lipinski definition) is 1. The first kappa shape index (κ1) is 8.97. The highest BCUT2D eigenvalue weighted by atomic mass is 35.5. The average Bonchev–Trinajstić information content (AvgIpc) is 2.00. The Morgan fingerprint density at radius 3 is 2.69 bits per heavy atom. The first-order valence-corrected chi connectivity index (χ1v) is 4.70. The molecule has 0 bridgehead atoms. The van der Waals surface area contributed by atoms with Crippen LogP contribution >= 0.6 is 11.6 Å². The number of nitrogens with one attached hydrogen (secondary N) is 1. The third-order valence-corrected chi connectivity index (χ3v) is 2.98. The molecule has 1 aromatic carbocycles. The zero-order chi connectivity index (χ0) is 9.47. The van der Waals surface area contributed by atoms with E-state index in [4.69, 9.17) is 11.6 Å². The zero-order valence-electron chi connectivity index (χ0n) is 7.40. The lowest BCUT2D eigenvalue weighted by atomic mass is 9.83. The standard InChI is InChI=1S/C10H11ClFN/c1-10(4-5-13-10)8-3-2-7(12)6-9(8)11/h2-3,6,13H,4-5H2,1H3. The molecule has 1 nitrogen and oxygen atoms in total. The van der Waals surface area contributed by atoms with Crippen molar-refractivity contribution >= 4 is 11.6 Å². The van der Waals surface area contributed by atoms with Gasteiger partial charge in [-0.2, -0.15) is 0 Å². The Hall–Kier alpha value is -0.600. The van der Waals surface area contributed by atoms with E-state index in [2.05, 4.69) is 12.2 Å². The quantitative estimate of drug-likeness (QED) is 0.734. The van der Waals surface area contributed by atoms with Crippen molar-refractivity contribution in [2.45, 2.75) is 18.9 Å². The van der Waals surface area contributed by atoms with Gasteiger partial charge in [0.1, 0.15) is 5.82 Å². The molecule has 13 heavy (non-hydrogen) atoms. The van der Waals surface area contributed by atoms with Gasteiger partial charge in [0.15, 0.2) is 0 Å². The van der Waals surface area contributed by atoms with Crippen molar-refractivity contribution in [3.8, 4) is 0 Å². The van der Waals surface area contributed by atoms with E-state index >= 15 is 0 Å². The fourth-order valence-electron chi connectivity index (χ4n) is 1.67. The van der Waals surface area contributed by atoms with Crippen molar-refractivity contribution in [2.75, 3.05) is 6.54 Å². The fourth-order valence-corrected chi connectivity index (χ4v) is 2.04. The lowest BCUT2D eigenvalue weighted by Crippen LogP contribution is -2.51. The largest absolute Gasteiger partial charge is 0.307 e. The van der Waals surface area contributed by atoms with E-state index in [-0.39, 0.29) is 11.4 Å². The Labute approximate surface area is 81.9 Å². The molecule has 0 spiro atoms. The first-order chi connectivity index (χ1) is 6.12. The SMILES string of the molecule is CC1(c2ccc(F)cc2Cl)CCN1. The van der Waals surface area contributed by atoms with Crippen LogP contribution in [-0.4, -0.2) is 6.54 Å². The molecule has 2 rings (SSSR count). The van der Waals surface area contributed by atoms with E-state index in [1.54, 1.807) is 6.07 Å². The van der Waals surface area contributed by atoms with Crippen LogP contribution in [0, 0.1) is 5.82 Å². The third kappa shape index (κ3) is 1.45. The summed E-state index contributed by atoms with van der Waals surface area (Å²) in [6, 6.07) is 4.57. The second-order valence-electron chi connectivity index (χ2n) is 3.63. The van der Waals surface area contributed by atoms with Crippen molar-refractivity contribution in [1.29, 1.82) is 0 Å². The summed E-state index contributed by atoms with van der Waals surface area (Å²) in [6.07, 6.45) is 1.05. The lowest BCUT2D eigenvalue weighted by Gasteiger charge is -2.41. The second kappa shape index (κ2) is 2.96. The van der Waals surface area contributed by atoms with Gasteiger partial charge in [-0.1, -0.05) is 17.7 Å². The van der Waals surface area contributed by atoms with E-state index in [1.165, 1.54) is 12.1 Å². The molecule has 1 atom stereocenters. The van der Waals surface area contributed by atoms with Crippen LogP contribution < -0.4 is 5.32 Å². The van der Waals surface area contributed by atoms with E-state index in [0.29, 0.717) is 5.02 Å². The van der Waals surface area contributed by atoms with Gasteiger partial charge < -0.3 is 5.32 Å². The van der Waals surface area contributed by atoms with Gasteiger partial charge in [0.25, 0.3) is 0 Å². The normalized spacial score (nSPS) is 27.0. The minimum Gasteiger partial charge on any atom is -0.307 e. The molecule has 3 heteroatoms. The van der Waals surface area contributed by atoms with Crippen molar-refractivity contribution in [3.05, 3.63) is 34.6 Å². The highest BCUT2D eigenvalue weighted by molar-refractivity contribution is 6.31. The molecule has 0 radical (unpaired) electrons. The third-order valence-electron chi connectivity index (χ3n) is 2.67. The predicted molar refractivity (Wildman–Crippen MR) is 51.4 cm³/mol. The molecule has 70 valence electrons. The molecule has 1 unspecified atom stereocenters. The Bertz CT molecular complexity index is 334. The minimum atomic E-state index is -0.281. The number of halogens is 2. The van der Waals surface area contributed by atoms with Gasteiger partial charge in [0.2, 0.25) is 0 Å². The van der Waals surface area contributed by atoms with E-state index in [0.717, 1.165) is 18.5 Å². The first-order valence-electron chi connectivity index (χ1n) is 4.32. The monoisotopic (exact) mass is 199 g/mol. The van der Waals surface area contributed by atoms with Gasteiger partial charge in [-0.15, -0.1) is 0 Å². The summed E-state index contributed by atoms with van der Waals surface area (Å²) in [5.74, 6) is -0.281. The fraction of sp³-hybridized carbons (Fsp3) is 0.400. The molecule has 1 N–H and O–H groups in total. The van der Waals surface area contributed by atoms with Crippen LogP contribution in [-0.2, 0) is 5.54 Å². The number of benzene rings is 1. The number of hydrogen-bond acceptors (Lipinski definition) is 1. The van der Waals surface area contributed by atoms with Crippen molar-refractivity contribution < 1.29 is 4.39 Å². The summed E-state index contributed by atoms with van der Waals surface area (Å²) in [5, 5.41) is 3.80. The molecule has 1 saturated heterocycles. The molecule has 1 aliphatic heterocycles. The van der Waals surface area contributed by atoms with Crippen molar-refractivity contribution in [2.24, 2.45) is 0 Å². The predicted octanol–water partition coefficient (Wildman–Crippen LogP) is 2.69. The maximum absolute atomic E-state index is 12.8. The molecular formula is C10H11ClFN. The van der Waals surface area contributed by atoms with E-state index in [9.17, 15) is 4.39 Å². The van der Waals surface area contributed by atoms with Gasteiger partial charge in [0.05, 0.1) is 0 Å². The Balaban J connectivity index is 2.40. The van der Waals surface area contributed by atoms with Crippen LogP contribution in [0.2, 0.25) is 5.02 Å². The van der Waals surface area contributed by atoms with Gasteiger partial charge in [-0.25, -0.2) is 4.39 Å². The smallest absolute Gasteiger partial charge is 0.124 e. The highest BCUT2D eigenvalue weighted by Crippen LogP contribution is 2.35. The summed E-state index contributed by atoms with van der Waals surface area (Å²) in [7, 11) is 0. The molecule has 1 heterocycles. The van der Waals surface area contributed by atoms with Gasteiger partial charge in [-0.05, 0) is 37.6 Å². The second-order valence-corrected chi connectivity index (χ2v) is 4.04. The molecule has 0 aromatic heterocycles. The summed E-state index contributed by atoms with van der Waals surface area (Å²) >= 11 is 5.95. The summed E-state index contributed by atoms with van der Waals surface area (Å²) in [6.45, 7) is 3.08. The van der Waals surface area contributed by atoms with Gasteiger partial charge in [-0.3, -0.25) is 0 Å². The van der Waals surface area contributed by atoms with Gasteiger partial charge >= 0.3 is 0 Å². The van der Waals surface area contributed by atoms with Gasteiger partial charge in [0, 0.05) is 10.6 Å². The van der Waals surface area contributed by atoms with Crippen LogP contribution in [0.3, 0.4) is 0 Å². The molecule has 1 aromatic rings. The van der Waals surface area contributed by atoms with Crippen molar-refractivity contribution in [3.63, 3.8) is 0 Å². The molecule has 0 amide bonds. The minimum absolute atomic E-state index is 0.0508. The topological polar surface area (TPSA) is 12.0 Å². The Morgan fingerprint density at radius 1 is 1.54 bits per heavy atom. The summed E-state index contributed by atoms with van der Waals surface area (Å²) in [5.41, 5.74) is 0.937. The molecule has 0 saturated carbocycles. The van der Waals surface area contributed by atoms with Crippen LogP contribution in [0.15, 0.2) is 18.2 Å². The maximum atomic E-state index is 12.8. The maximum Gasteiger partial charge on any atom is 0.124 e. The highest BCUT2D eigenvalue weighted by Gasteiger charge is 2.34. The van der Waals surface area contributed by atoms with Crippen LogP contribution in [0.5, 0.6) is 0 Å². The summed E-state index contributed by atoms with van der Waals surface area (Å²) < 4.78 is 12.8. The van der Waals surface area contributed by atoms with E-state index in [1.807, 2.05) is 0 Å². The van der Waals surface area contributed by atoms with Crippen molar-refractivity contribution in [1.82, 2.24) is 5.32 Å². The molecule has 1 aliphatic rings. The van der Waals surface area contributed by atoms with Crippen LogP contribution in [0.1, 0.15) is 18.9 Å². The van der Waals surface area contributed by atoms with E-state index < -0.39 is 0 Å². The molecule has 1 fully saturated rings. The Morgan fingerprint density at radius 2 is 2.23 bits per heavy atom. The van der Waals surface area contributed by atoms with Crippen LogP contribution in [0.4, 0.5) is 4.39 Å².